The molecule has 0 saturated carbocycles. The topological polar surface area (TPSA) is 179 Å². The monoisotopic (exact) mass is 960 g/mol. The number of carbonyl (C=O) groups excluding carboxylic acids is 3. The van der Waals surface area contributed by atoms with Gasteiger partial charge in [-0.1, -0.05) is 114 Å². The molecule has 366 valence electrons. The summed E-state index contributed by atoms with van der Waals surface area (Å²) in [7, 11) is 0. The lowest BCUT2D eigenvalue weighted by atomic mass is 10.0. The van der Waals surface area contributed by atoms with Crippen LogP contribution in [0.15, 0.2) is 110 Å². The summed E-state index contributed by atoms with van der Waals surface area (Å²) in [6.45, 7) is 18.8. The van der Waals surface area contributed by atoms with Gasteiger partial charge in [-0.05, 0) is 71.4 Å². The summed E-state index contributed by atoms with van der Waals surface area (Å²) in [6, 6.07) is 22.2. The molecule has 0 saturated heterocycles. The van der Waals surface area contributed by atoms with Gasteiger partial charge in [0.1, 0.15) is 34.6 Å². The van der Waals surface area contributed by atoms with Crippen LogP contribution in [0.25, 0.3) is 32.3 Å². The molecule has 7 heterocycles. The van der Waals surface area contributed by atoms with Crippen molar-refractivity contribution in [3.8, 4) is 0 Å². The lowest BCUT2D eigenvalue weighted by molar-refractivity contribution is 0.0912. The van der Waals surface area contributed by atoms with Crippen molar-refractivity contribution in [2.75, 3.05) is 0 Å². The third-order valence-electron chi connectivity index (χ3n) is 14.3. The Morgan fingerprint density at radius 2 is 0.681 bits per heavy atom. The highest BCUT2D eigenvalue weighted by Gasteiger charge is 2.36. The van der Waals surface area contributed by atoms with Crippen molar-refractivity contribution in [3.63, 3.8) is 0 Å². The van der Waals surface area contributed by atoms with Crippen LogP contribution in [0, 0.1) is 38.5 Å². The van der Waals surface area contributed by atoms with Crippen LogP contribution in [0.2, 0.25) is 0 Å². The number of carbonyl (C=O) groups is 3. The van der Waals surface area contributed by atoms with Crippen LogP contribution in [0.4, 0.5) is 0 Å². The van der Waals surface area contributed by atoms with Crippen LogP contribution in [-0.2, 0) is 19.6 Å². The van der Waals surface area contributed by atoms with E-state index in [9.17, 15) is 0 Å². The highest BCUT2D eigenvalue weighted by Crippen LogP contribution is 2.33. The summed E-state index contributed by atoms with van der Waals surface area (Å²) in [5.74, 6) is -0.240. The first kappa shape index (κ1) is 47.6. The van der Waals surface area contributed by atoms with E-state index in [1.807, 2.05) is 168 Å². The van der Waals surface area contributed by atoms with Gasteiger partial charge >= 0.3 is 0 Å². The number of aromatic nitrogens is 9. The van der Waals surface area contributed by atoms with E-state index in [4.69, 9.17) is 15.0 Å². The van der Waals surface area contributed by atoms with E-state index in [0.29, 0.717) is 54.2 Å². The van der Waals surface area contributed by atoms with Crippen LogP contribution in [0.1, 0.15) is 142 Å². The van der Waals surface area contributed by atoms with Gasteiger partial charge in [-0.3, -0.25) is 29.3 Å². The summed E-state index contributed by atoms with van der Waals surface area (Å²) >= 11 is 0. The maximum atomic E-state index is 15.1. The molecule has 10 rings (SSSR count). The first-order chi connectivity index (χ1) is 34.7. The average molecular weight is 961 g/mol. The van der Waals surface area contributed by atoms with Gasteiger partial charge < -0.3 is 29.7 Å². The van der Waals surface area contributed by atoms with E-state index in [2.05, 4.69) is 49.1 Å². The van der Waals surface area contributed by atoms with Crippen molar-refractivity contribution in [2.45, 2.75) is 100 Å². The van der Waals surface area contributed by atoms with Crippen LogP contribution >= 0.6 is 0 Å². The Labute approximate surface area is 418 Å². The second-order valence-electron chi connectivity index (χ2n) is 20.1. The molecule has 72 heavy (non-hydrogen) atoms. The molecule has 9 aromatic rings. The third-order valence-corrected chi connectivity index (χ3v) is 14.3. The maximum absolute atomic E-state index is 15.1. The minimum Gasteiger partial charge on any atom is -0.340 e. The van der Waals surface area contributed by atoms with Gasteiger partial charge in [-0.15, -0.1) is 0 Å². The minimum absolute atomic E-state index is 0.186. The minimum atomic E-state index is -0.672. The third kappa shape index (κ3) is 8.66. The fraction of sp³-hybridized carbons (Fsp3) is 0.316. The predicted molar refractivity (Wildman–Crippen MR) is 279 cm³/mol. The van der Waals surface area contributed by atoms with E-state index in [1.165, 1.54) is 0 Å². The second-order valence-corrected chi connectivity index (χ2v) is 20.1. The van der Waals surface area contributed by atoms with Crippen LogP contribution < -0.4 is 16.0 Å². The molecule has 0 spiro atoms. The molecule has 0 aliphatic carbocycles. The van der Waals surface area contributed by atoms with Gasteiger partial charge in [0.25, 0.3) is 17.7 Å². The second kappa shape index (κ2) is 19.3. The zero-order valence-electron chi connectivity index (χ0n) is 42.2. The van der Waals surface area contributed by atoms with E-state index in [0.717, 1.165) is 49.0 Å². The van der Waals surface area contributed by atoms with E-state index in [1.54, 1.807) is 0 Å². The van der Waals surface area contributed by atoms with Gasteiger partial charge in [0.2, 0.25) is 0 Å². The largest absolute Gasteiger partial charge is 0.340 e. The molecule has 0 fully saturated rings. The normalized spacial score (nSPS) is 16.7. The maximum Gasteiger partial charge on any atom is 0.272 e. The van der Waals surface area contributed by atoms with Crippen molar-refractivity contribution in [2.24, 2.45) is 17.8 Å². The molecule has 3 aromatic carbocycles. The van der Waals surface area contributed by atoms with Gasteiger partial charge in [-0.2, -0.15) is 0 Å². The number of nitrogens with zero attached hydrogens (tertiary/aromatic N) is 9. The Morgan fingerprint density at radius 3 is 0.944 bits per heavy atom. The molecular formula is C57H60N12O3. The zero-order chi connectivity index (χ0) is 50.5. The van der Waals surface area contributed by atoms with Crippen LogP contribution in [0.3, 0.4) is 0 Å². The Kier molecular flexibility index (Phi) is 12.7. The molecule has 0 radical (unpaired) electrons. The smallest absolute Gasteiger partial charge is 0.272 e. The molecule has 3 amide bonds. The predicted octanol–water partition coefficient (Wildman–Crippen LogP) is 9.69. The molecule has 6 bridgehead atoms. The van der Waals surface area contributed by atoms with Crippen molar-refractivity contribution in [3.05, 3.63) is 178 Å². The summed E-state index contributed by atoms with van der Waals surface area (Å²) in [6.07, 6.45) is 11.1. The van der Waals surface area contributed by atoms with Gasteiger partial charge in [0.15, 0.2) is 0 Å². The number of benzene rings is 3. The van der Waals surface area contributed by atoms with Crippen molar-refractivity contribution in [1.29, 1.82) is 0 Å². The number of fused-ring (bicyclic) bond motifs is 9. The number of hydrogen-bond donors (Lipinski definition) is 3. The Balaban J connectivity index is 1.19. The Morgan fingerprint density at radius 1 is 0.417 bits per heavy atom. The molecule has 3 N–H and O–H groups in total. The fourth-order valence-electron chi connectivity index (χ4n) is 10.3. The van der Waals surface area contributed by atoms with Gasteiger partial charge in [0, 0.05) is 70.4 Å². The number of hydrogen-bond acceptors (Lipinski definition) is 9. The highest BCUT2D eigenvalue weighted by molar-refractivity contribution is 5.96. The Bertz CT molecular complexity index is 3180. The van der Waals surface area contributed by atoms with Crippen LogP contribution in [0.5, 0.6) is 0 Å². The summed E-state index contributed by atoms with van der Waals surface area (Å²) in [5, 5.41) is 16.0. The standard InChI is InChI=1S/C57H60N12O3/c1-31(2)46-52-61-50(34(7)67(52)28-40-25-58-22-37-16-10-13-19-43(37)40)56(71)65-48(33(5)6)54-63-51(36(9)69(54)30-42-27-60-24-39-18-12-15-21-45(39)42)57(72)66-47(32(3)4)53-62-49(55(70)64-46)35(8)68(53)29-41-26-59-23-38-17-11-14-20-44(38)41/h10-27,31-33,46-48H,28-30H2,1-9H3,(H,64,70)(H,65,71)(H,66,72)/t46-,47-,48-/m0/s1. The van der Waals surface area contributed by atoms with Crippen molar-refractivity contribution >= 4 is 50.0 Å². The van der Waals surface area contributed by atoms with E-state index >= 15 is 14.4 Å². The molecule has 3 atom stereocenters. The van der Waals surface area contributed by atoms with E-state index in [-0.39, 0.29) is 34.8 Å². The van der Waals surface area contributed by atoms with Crippen molar-refractivity contribution in [1.82, 2.24) is 59.6 Å². The van der Waals surface area contributed by atoms with Crippen molar-refractivity contribution < 1.29 is 14.4 Å². The van der Waals surface area contributed by atoms with Gasteiger partial charge in [-0.25, -0.2) is 15.0 Å². The lowest BCUT2D eigenvalue weighted by Gasteiger charge is -2.24. The molecule has 6 aromatic heterocycles. The SMILES string of the molecule is Cc1c2nc(n1Cc1cncc3ccccc13)[C@H](C(C)C)NC(=O)c1nc(n(Cc3cncc4ccccc34)c1C)[C@H](C(C)C)NC(=O)c1nc(n(Cc3cncc4ccccc34)c1C)[C@H](C(C)C)NC2=O. The Hall–Kier alpha value is -8.07. The molecule has 1 aliphatic heterocycles. The fourth-order valence-corrected chi connectivity index (χ4v) is 10.3. The number of imidazole rings is 3. The van der Waals surface area contributed by atoms with Gasteiger partial charge in [0.05, 0.1) is 37.8 Å². The van der Waals surface area contributed by atoms with Crippen LogP contribution in [-0.4, -0.2) is 61.3 Å². The number of nitrogens with one attached hydrogen (secondary N) is 3. The highest BCUT2D eigenvalue weighted by atomic mass is 16.2. The molecule has 15 heteroatoms. The van der Waals surface area contributed by atoms with E-state index < -0.39 is 35.8 Å². The number of amides is 3. The molecule has 15 nitrogen and oxygen atoms in total. The summed E-state index contributed by atoms with van der Waals surface area (Å²) < 4.78 is 6.08. The molecule has 1 aliphatic rings. The lowest BCUT2D eigenvalue weighted by Crippen LogP contribution is -2.36. The first-order valence-electron chi connectivity index (χ1n) is 24.8. The number of rotatable bonds is 9. The zero-order valence-corrected chi connectivity index (χ0v) is 42.2. The summed E-state index contributed by atoms with van der Waals surface area (Å²) in [4.78, 5) is 74.7. The summed E-state index contributed by atoms with van der Waals surface area (Å²) in [5.41, 5.74) is 5.27. The molecular weight excluding hydrogens is 901 g/mol. The number of pyridine rings is 3. The average Bonchev–Trinajstić information content (AvgIpc) is 3.99. The quantitative estimate of drug-likeness (QED) is 0.127. The molecule has 0 unspecified atom stereocenters. The first-order valence-corrected chi connectivity index (χ1v) is 24.8.